The predicted molar refractivity (Wildman–Crippen MR) is 186 cm³/mol. The molecular weight excluding hydrogens is 668 g/mol. The maximum atomic E-state index is 14.1. The van der Waals surface area contributed by atoms with E-state index in [0.717, 1.165) is 0 Å². The zero-order valence-corrected chi connectivity index (χ0v) is 26.9. The topological polar surface area (TPSA) is 135 Å². The molecule has 12 heteroatoms. The Kier molecular flexibility index (Phi) is 8.53. The molecule has 52 heavy (non-hydrogen) atoms. The van der Waals surface area contributed by atoms with Gasteiger partial charge in [-0.3, -0.25) is 0 Å². The number of hydrogen-bond acceptors (Lipinski definition) is 8. The minimum atomic E-state index is -0.512. The Hall–Kier alpha value is -7.49. The standard InChI is InChI=1S/C40H20F4N8/c1-48-30(20-47)32-39-37(49-33(21-2-10-26(41)11-3-21)35(51-39)23-6-14-28(43)15-7-23)31(25(18-45)19-46)38-40(32)52-36(24-8-16-29(44)17-9-24)34(50-38)22-4-12-27(42)13-5-22/h2-17,48H,1H3. The molecule has 0 saturated heterocycles. The molecule has 2 heterocycles. The van der Waals surface area contributed by atoms with Crippen molar-refractivity contribution in [3.05, 3.63) is 131 Å². The Morgan fingerprint density at radius 2 is 0.712 bits per heavy atom. The number of aromatic nitrogens is 4. The Morgan fingerprint density at radius 1 is 0.442 bits per heavy atom. The van der Waals surface area contributed by atoms with E-state index in [1.807, 2.05) is 12.1 Å². The van der Waals surface area contributed by atoms with Crippen LogP contribution >= 0.6 is 0 Å². The molecule has 0 amide bonds. The summed E-state index contributed by atoms with van der Waals surface area (Å²) >= 11 is 0. The second-order valence-electron chi connectivity index (χ2n) is 11.3. The smallest absolute Gasteiger partial charge is 0.141 e. The van der Waals surface area contributed by atoms with Crippen LogP contribution in [0.3, 0.4) is 0 Å². The Bertz CT molecular complexity index is 2640. The maximum absolute atomic E-state index is 14.1. The number of nitrogens with zero attached hydrogens (tertiary/aromatic N) is 7. The minimum absolute atomic E-state index is 0.0114. The molecule has 7 aromatic rings. The maximum Gasteiger partial charge on any atom is 0.141 e. The van der Waals surface area contributed by atoms with Gasteiger partial charge in [0.1, 0.15) is 74.8 Å². The summed E-state index contributed by atoms with van der Waals surface area (Å²) in [6.45, 7) is 0. The van der Waals surface area contributed by atoms with Crippen molar-refractivity contribution in [3.8, 4) is 63.2 Å². The molecular formula is C40H20F4N8. The lowest BCUT2D eigenvalue weighted by Gasteiger charge is -2.16. The molecule has 0 spiro atoms. The van der Waals surface area contributed by atoms with Crippen LogP contribution in [0.2, 0.25) is 0 Å². The first kappa shape index (κ1) is 33.0. The summed E-state index contributed by atoms with van der Waals surface area (Å²) in [5.74, 6) is -2.04. The van der Waals surface area contributed by atoms with Crippen molar-refractivity contribution < 1.29 is 17.6 Å². The van der Waals surface area contributed by atoms with Crippen LogP contribution in [0.15, 0.2) is 97.1 Å². The first-order chi connectivity index (χ1) is 25.2. The second kappa shape index (κ2) is 13.4. The predicted octanol–water partition coefficient (Wildman–Crippen LogP) is 6.85. The molecule has 0 radical (unpaired) electrons. The molecule has 0 saturated carbocycles. The van der Waals surface area contributed by atoms with E-state index in [4.69, 9.17) is 19.9 Å². The van der Waals surface area contributed by atoms with Crippen molar-refractivity contribution >= 4 is 33.3 Å². The third kappa shape index (κ3) is 5.79. The average Bonchev–Trinajstić information content (AvgIpc) is 3.16. The van der Waals surface area contributed by atoms with Gasteiger partial charge in [-0.1, -0.05) is 0 Å². The van der Waals surface area contributed by atoms with E-state index in [-0.39, 0.29) is 61.0 Å². The van der Waals surface area contributed by atoms with E-state index in [9.17, 15) is 33.3 Å². The van der Waals surface area contributed by atoms with Gasteiger partial charge in [0.2, 0.25) is 0 Å². The summed E-state index contributed by atoms with van der Waals surface area (Å²) in [6.07, 6.45) is 0. The molecule has 0 fully saturated rings. The molecule has 248 valence electrons. The van der Waals surface area contributed by atoms with Crippen LogP contribution in [0.1, 0.15) is 0 Å². The van der Waals surface area contributed by atoms with Crippen LogP contribution in [0.5, 0.6) is 0 Å². The van der Waals surface area contributed by atoms with Gasteiger partial charge in [-0.25, -0.2) is 37.5 Å². The fraction of sp³-hybridized carbons (Fsp3) is 0.0250. The van der Waals surface area contributed by atoms with Gasteiger partial charge in [0.05, 0.1) is 33.2 Å². The molecule has 0 aliphatic rings. The van der Waals surface area contributed by atoms with Crippen LogP contribution in [-0.2, 0) is 0 Å². The summed E-state index contributed by atoms with van der Waals surface area (Å²) < 4.78 is 56.4. The van der Waals surface area contributed by atoms with E-state index in [0.29, 0.717) is 22.3 Å². The number of nitriles is 3. The van der Waals surface area contributed by atoms with Crippen LogP contribution in [0.4, 0.5) is 17.6 Å². The molecule has 8 nitrogen and oxygen atoms in total. The lowest BCUT2D eigenvalue weighted by atomic mass is 9.99. The number of hydrogen-bond donors (Lipinski definition) is 1. The quantitative estimate of drug-likeness (QED) is 0.153. The molecule has 7 rings (SSSR count). The third-order valence-corrected chi connectivity index (χ3v) is 8.29. The average molecular weight is 689 g/mol. The lowest BCUT2D eigenvalue weighted by Crippen LogP contribution is -2.26. The number of rotatable bonds is 5. The summed E-state index contributed by atoms with van der Waals surface area (Å²) in [5.41, 5.74) is 2.07. The minimum Gasteiger partial charge on any atom is -0.379 e. The Balaban J connectivity index is 1.79. The molecule has 2 aromatic heterocycles. The van der Waals surface area contributed by atoms with Gasteiger partial charge in [-0.2, -0.15) is 15.8 Å². The molecule has 0 aliphatic carbocycles. The summed E-state index contributed by atoms with van der Waals surface area (Å²) in [7, 11) is 1.51. The van der Waals surface area contributed by atoms with Crippen LogP contribution in [0, 0.1) is 57.3 Å². The zero-order valence-electron chi connectivity index (χ0n) is 26.9. The highest BCUT2D eigenvalue weighted by Crippen LogP contribution is 2.33. The lowest BCUT2D eigenvalue weighted by molar-refractivity contribution is 0.627. The van der Waals surface area contributed by atoms with Gasteiger partial charge >= 0.3 is 0 Å². The molecule has 0 bridgehead atoms. The number of benzene rings is 5. The van der Waals surface area contributed by atoms with Gasteiger partial charge in [0.25, 0.3) is 0 Å². The normalized spacial score (nSPS) is 10.7. The van der Waals surface area contributed by atoms with Crippen molar-refractivity contribution in [2.24, 2.45) is 0 Å². The highest BCUT2D eigenvalue weighted by atomic mass is 19.1. The third-order valence-electron chi connectivity index (χ3n) is 8.29. The first-order valence-electron chi connectivity index (χ1n) is 15.5. The summed E-state index contributed by atoms with van der Waals surface area (Å²) in [4.78, 5) is 19.8. The molecule has 0 atom stereocenters. The van der Waals surface area contributed by atoms with E-state index in [1.165, 1.54) is 104 Å². The van der Waals surface area contributed by atoms with Gasteiger partial charge < -0.3 is 5.32 Å². The summed E-state index contributed by atoms with van der Waals surface area (Å²) in [5, 5.41) is 33.9. The van der Waals surface area contributed by atoms with E-state index >= 15 is 0 Å². The fourth-order valence-corrected chi connectivity index (χ4v) is 5.88. The monoisotopic (exact) mass is 688 g/mol. The van der Waals surface area contributed by atoms with Crippen LogP contribution in [-0.4, -0.2) is 27.0 Å². The van der Waals surface area contributed by atoms with Crippen molar-refractivity contribution in [2.75, 3.05) is 7.05 Å². The van der Waals surface area contributed by atoms with Gasteiger partial charge in [0.15, 0.2) is 0 Å². The second-order valence-corrected chi connectivity index (χ2v) is 11.3. The molecule has 1 N–H and O–H groups in total. The Labute approximate surface area is 292 Å². The van der Waals surface area contributed by atoms with Crippen molar-refractivity contribution in [3.63, 3.8) is 0 Å². The molecule has 5 aromatic carbocycles. The highest BCUT2D eigenvalue weighted by molar-refractivity contribution is 6.02. The van der Waals surface area contributed by atoms with E-state index in [2.05, 4.69) is 11.4 Å². The first-order valence-corrected chi connectivity index (χ1v) is 15.5. The number of nitrogens with one attached hydrogen (secondary N) is 1. The van der Waals surface area contributed by atoms with Crippen molar-refractivity contribution in [2.45, 2.75) is 0 Å². The molecule has 0 unspecified atom stereocenters. The van der Waals surface area contributed by atoms with Gasteiger partial charge in [-0.05, 0) is 97.1 Å². The summed E-state index contributed by atoms with van der Waals surface area (Å²) in [6, 6.07) is 27.6. The van der Waals surface area contributed by atoms with Crippen molar-refractivity contribution in [1.29, 1.82) is 15.8 Å². The van der Waals surface area contributed by atoms with E-state index in [1.54, 1.807) is 0 Å². The van der Waals surface area contributed by atoms with Crippen molar-refractivity contribution in [1.82, 2.24) is 25.3 Å². The van der Waals surface area contributed by atoms with Gasteiger partial charge in [0, 0.05) is 29.3 Å². The highest BCUT2D eigenvalue weighted by Gasteiger charge is 2.24. The molecule has 0 aliphatic heterocycles. The van der Waals surface area contributed by atoms with Crippen LogP contribution in [0.25, 0.3) is 78.4 Å². The SMILES string of the molecule is CNC(C#N)=c1c2nc(-c3ccc(F)cc3)c(-c3ccc(F)cc3)nc2c(=C(C#N)C#N)c2nc(-c3ccc(F)cc3)c(-c3ccc(F)cc3)nc12. The van der Waals surface area contributed by atoms with Gasteiger partial charge in [-0.15, -0.1) is 0 Å². The Morgan fingerprint density at radius 3 is 0.942 bits per heavy atom. The zero-order chi connectivity index (χ0) is 36.5. The van der Waals surface area contributed by atoms with Crippen LogP contribution < -0.4 is 15.8 Å². The van der Waals surface area contributed by atoms with E-state index < -0.39 is 28.8 Å². The number of fused-ring (bicyclic) bond motifs is 2. The largest absolute Gasteiger partial charge is 0.379 e. The fourth-order valence-electron chi connectivity index (χ4n) is 5.88. The number of halogens is 4.